The van der Waals surface area contributed by atoms with E-state index in [1.165, 1.54) is 11.4 Å². The van der Waals surface area contributed by atoms with Crippen LogP contribution < -0.4 is 10.0 Å². The zero-order valence-corrected chi connectivity index (χ0v) is 12.0. The summed E-state index contributed by atoms with van der Waals surface area (Å²) >= 11 is 0. The van der Waals surface area contributed by atoms with E-state index < -0.39 is 10.0 Å². The van der Waals surface area contributed by atoms with E-state index in [4.69, 9.17) is 5.73 Å². The minimum atomic E-state index is -3.58. The maximum Gasteiger partial charge on any atom is 0.265 e. The fourth-order valence-electron chi connectivity index (χ4n) is 1.82. The molecule has 2 N–H and O–H groups in total. The van der Waals surface area contributed by atoms with E-state index in [0.29, 0.717) is 12.4 Å². The molecule has 1 aromatic heterocycles. The highest BCUT2D eigenvalue weighted by atomic mass is 32.2. The van der Waals surface area contributed by atoms with Crippen molar-refractivity contribution in [2.75, 3.05) is 17.9 Å². The van der Waals surface area contributed by atoms with Crippen LogP contribution in [-0.4, -0.2) is 27.0 Å². The lowest BCUT2D eigenvalue weighted by molar-refractivity contribution is 0.594. The smallest absolute Gasteiger partial charge is 0.265 e. The highest BCUT2D eigenvalue weighted by Gasteiger charge is 2.21. The van der Waals surface area contributed by atoms with E-state index in [-0.39, 0.29) is 4.90 Å². The number of hydrogen-bond donors (Lipinski definition) is 1. The summed E-state index contributed by atoms with van der Waals surface area (Å²) in [7, 11) is -2.09. The standard InChI is InChI=1S/C14H17N3O2S/c1-17(14-4-2-3-11-16-14)20(18,19)13-7-5-12(6-8-13)9-10-15/h2-8,11H,9-10,15H2,1H3. The van der Waals surface area contributed by atoms with Crippen molar-refractivity contribution in [3.05, 3.63) is 54.2 Å². The topological polar surface area (TPSA) is 76.3 Å². The molecule has 0 spiro atoms. The largest absolute Gasteiger partial charge is 0.330 e. The number of hydrogen-bond acceptors (Lipinski definition) is 4. The van der Waals surface area contributed by atoms with Gasteiger partial charge in [0.1, 0.15) is 5.82 Å². The Morgan fingerprint density at radius 3 is 2.40 bits per heavy atom. The van der Waals surface area contributed by atoms with Crippen LogP contribution in [0.3, 0.4) is 0 Å². The molecule has 0 aliphatic heterocycles. The second-order valence-corrected chi connectivity index (χ2v) is 6.31. The second-order valence-electron chi connectivity index (χ2n) is 4.34. The fourth-order valence-corrected chi connectivity index (χ4v) is 2.97. The third-order valence-corrected chi connectivity index (χ3v) is 4.76. The predicted octanol–water partition coefficient (Wildman–Crippen LogP) is 1.41. The lowest BCUT2D eigenvalue weighted by Gasteiger charge is -2.18. The number of aromatic nitrogens is 1. The summed E-state index contributed by atoms with van der Waals surface area (Å²) in [6.45, 7) is 0.542. The van der Waals surface area contributed by atoms with Crippen molar-refractivity contribution in [2.24, 2.45) is 5.73 Å². The molecule has 2 rings (SSSR count). The molecule has 0 fully saturated rings. The van der Waals surface area contributed by atoms with Gasteiger partial charge in [-0.1, -0.05) is 18.2 Å². The molecule has 0 amide bonds. The molecule has 0 unspecified atom stereocenters. The zero-order valence-electron chi connectivity index (χ0n) is 11.2. The third-order valence-electron chi connectivity index (χ3n) is 2.99. The van der Waals surface area contributed by atoms with Crippen LogP contribution in [0, 0.1) is 0 Å². The SMILES string of the molecule is CN(c1ccccn1)S(=O)(=O)c1ccc(CCN)cc1. The molecule has 5 nitrogen and oxygen atoms in total. The van der Waals surface area contributed by atoms with Gasteiger partial charge in [0.25, 0.3) is 10.0 Å². The maximum absolute atomic E-state index is 12.5. The first-order valence-electron chi connectivity index (χ1n) is 6.24. The van der Waals surface area contributed by atoms with Gasteiger partial charge in [0, 0.05) is 13.2 Å². The first-order valence-corrected chi connectivity index (χ1v) is 7.68. The van der Waals surface area contributed by atoms with Crippen LogP contribution in [0.2, 0.25) is 0 Å². The number of benzene rings is 1. The number of nitrogens with zero attached hydrogens (tertiary/aromatic N) is 2. The highest BCUT2D eigenvalue weighted by molar-refractivity contribution is 7.92. The monoisotopic (exact) mass is 291 g/mol. The van der Waals surface area contributed by atoms with Gasteiger partial charge in [-0.2, -0.15) is 0 Å². The van der Waals surface area contributed by atoms with Crippen molar-refractivity contribution in [3.63, 3.8) is 0 Å². The van der Waals surface area contributed by atoms with E-state index in [1.54, 1.807) is 48.7 Å². The Balaban J connectivity index is 2.30. The van der Waals surface area contributed by atoms with Gasteiger partial charge in [0.2, 0.25) is 0 Å². The number of sulfonamides is 1. The molecule has 2 aromatic rings. The fraction of sp³-hybridized carbons (Fsp3) is 0.214. The van der Waals surface area contributed by atoms with E-state index in [0.717, 1.165) is 12.0 Å². The van der Waals surface area contributed by atoms with Crippen molar-refractivity contribution in [2.45, 2.75) is 11.3 Å². The number of pyridine rings is 1. The molecule has 0 aliphatic carbocycles. The molecule has 0 saturated carbocycles. The van der Waals surface area contributed by atoms with Gasteiger partial charge >= 0.3 is 0 Å². The van der Waals surface area contributed by atoms with Gasteiger partial charge in [-0.25, -0.2) is 13.4 Å². The Labute approximate surface area is 119 Å². The molecule has 106 valence electrons. The molecule has 1 heterocycles. The number of anilines is 1. The number of nitrogens with two attached hydrogens (primary N) is 1. The Morgan fingerprint density at radius 2 is 1.85 bits per heavy atom. The second kappa shape index (κ2) is 6.02. The van der Waals surface area contributed by atoms with E-state index in [2.05, 4.69) is 4.98 Å². The van der Waals surface area contributed by atoms with Gasteiger partial charge in [0.15, 0.2) is 0 Å². The molecular formula is C14H17N3O2S. The molecule has 0 aliphatic rings. The van der Waals surface area contributed by atoms with E-state index >= 15 is 0 Å². The molecule has 1 aromatic carbocycles. The van der Waals surface area contributed by atoms with Crippen LogP contribution in [0.15, 0.2) is 53.6 Å². The minimum Gasteiger partial charge on any atom is -0.330 e. The zero-order chi connectivity index (χ0) is 14.6. The lowest BCUT2D eigenvalue weighted by Crippen LogP contribution is -2.27. The summed E-state index contributed by atoms with van der Waals surface area (Å²) in [6, 6.07) is 11.9. The van der Waals surface area contributed by atoms with Crippen molar-refractivity contribution < 1.29 is 8.42 Å². The Kier molecular flexibility index (Phi) is 4.36. The first kappa shape index (κ1) is 14.5. The molecular weight excluding hydrogens is 274 g/mol. The van der Waals surface area contributed by atoms with Crippen LogP contribution in [0.4, 0.5) is 5.82 Å². The average molecular weight is 291 g/mol. The summed E-state index contributed by atoms with van der Waals surface area (Å²) < 4.78 is 26.1. The Morgan fingerprint density at radius 1 is 1.15 bits per heavy atom. The van der Waals surface area contributed by atoms with Crippen molar-refractivity contribution in [1.29, 1.82) is 0 Å². The van der Waals surface area contributed by atoms with Gasteiger partial charge in [-0.15, -0.1) is 0 Å². The van der Waals surface area contributed by atoms with Crippen molar-refractivity contribution in [3.8, 4) is 0 Å². The normalized spacial score (nSPS) is 11.3. The maximum atomic E-state index is 12.5. The van der Waals surface area contributed by atoms with Crippen molar-refractivity contribution >= 4 is 15.8 Å². The van der Waals surface area contributed by atoms with Crippen LogP contribution in [0.1, 0.15) is 5.56 Å². The number of rotatable bonds is 5. The summed E-state index contributed by atoms with van der Waals surface area (Å²) in [5.41, 5.74) is 6.49. The van der Waals surface area contributed by atoms with Crippen molar-refractivity contribution in [1.82, 2.24) is 4.98 Å². The molecule has 0 saturated heterocycles. The Hall–Kier alpha value is -1.92. The Bertz CT molecular complexity index is 655. The quantitative estimate of drug-likeness (QED) is 0.903. The molecule has 20 heavy (non-hydrogen) atoms. The van der Waals surface area contributed by atoms with Gasteiger partial charge in [-0.05, 0) is 42.8 Å². The molecule has 0 radical (unpaired) electrons. The average Bonchev–Trinajstić information content (AvgIpc) is 2.48. The highest BCUT2D eigenvalue weighted by Crippen LogP contribution is 2.20. The van der Waals surface area contributed by atoms with Gasteiger partial charge in [-0.3, -0.25) is 4.31 Å². The summed E-state index contributed by atoms with van der Waals surface area (Å²) in [5, 5.41) is 0. The molecule has 6 heteroatoms. The predicted molar refractivity (Wildman–Crippen MR) is 79.0 cm³/mol. The van der Waals surface area contributed by atoms with Crippen LogP contribution in [0.25, 0.3) is 0 Å². The van der Waals surface area contributed by atoms with Crippen LogP contribution in [-0.2, 0) is 16.4 Å². The summed E-state index contributed by atoms with van der Waals surface area (Å²) in [6.07, 6.45) is 2.29. The molecule has 0 bridgehead atoms. The molecule has 0 atom stereocenters. The van der Waals surface area contributed by atoms with Gasteiger partial charge < -0.3 is 5.73 Å². The lowest BCUT2D eigenvalue weighted by atomic mass is 10.2. The van der Waals surface area contributed by atoms with E-state index in [9.17, 15) is 8.42 Å². The minimum absolute atomic E-state index is 0.242. The first-order chi connectivity index (χ1) is 9.55. The van der Waals surface area contributed by atoms with Crippen LogP contribution >= 0.6 is 0 Å². The summed E-state index contributed by atoms with van der Waals surface area (Å²) in [5.74, 6) is 0.388. The van der Waals surface area contributed by atoms with Gasteiger partial charge in [0.05, 0.1) is 4.90 Å². The van der Waals surface area contributed by atoms with Crippen LogP contribution in [0.5, 0.6) is 0 Å². The summed E-state index contributed by atoms with van der Waals surface area (Å²) in [4.78, 5) is 4.29. The third kappa shape index (κ3) is 2.97. The van der Waals surface area contributed by atoms with E-state index in [1.807, 2.05) is 0 Å².